The Kier molecular flexibility index (Phi) is 5.69. The van der Waals surface area contributed by atoms with Crippen LogP contribution in [0, 0.1) is 5.92 Å². The van der Waals surface area contributed by atoms with E-state index in [2.05, 4.69) is 15.1 Å². The molecule has 2 aromatic carbocycles. The first kappa shape index (κ1) is 18.7. The summed E-state index contributed by atoms with van der Waals surface area (Å²) in [4.78, 5) is 2.31. The largest absolute Gasteiger partial charge is 0.497 e. The van der Waals surface area contributed by atoms with E-state index in [0.29, 0.717) is 18.3 Å². The molecule has 1 unspecified atom stereocenters. The Balaban J connectivity index is 1.32. The molecule has 4 rings (SSSR count). The Morgan fingerprint density at radius 3 is 2.46 bits per heavy atom. The topological polar surface area (TPSA) is 71.6 Å². The quantitative estimate of drug-likeness (QED) is 0.704. The van der Waals surface area contributed by atoms with Gasteiger partial charge in [0.1, 0.15) is 5.75 Å². The number of aliphatic hydroxyl groups excluding tert-OH is 1. The summed E-state index contributed by atoms with van der Waals surface area (Å²) in [6.45, 7) is 2.46. The number of aliphatic hydroxyl groups is 1. The van der Waals surface area contributed by atoms with Crippen molar-refractivity contribution < 1.29 is 14.3 Å². The van der Waals surface area contributed by atoms with Crippen LogP contribution in [0.4, 0.5) is 0 Å². The molecule has 1 aromatic heterocycles. The summed E-state index contributed by atoms with van der Waals surface area (Å²) in [5, 5.41) is 19.0. The van der Waals surface area contributed by atoms with Gasteiger partial charge >= 0.3 is 0 Å². The third kappa shape index (κ3) is 4.24. The molecule has 2 heterocycles. The fourth-order valence-electron chi connectivity index (χ4n) is 3.71. The average molecular weight is 379 g/mol. The summed E-state index contributed by atoms with van der Waals surface area (Å²) in [6, 6.07) is 17.5. The molecule has 3 aromatic rings. The van der Waals surface area contributed by atoms with Crippen LogP contribution in [0.25, 0.3) is 11.5 Å². The van der Waals surface area contributed by atoms with Crippen molar-refractivity contribution in [3.8, 4) is 17.2 Å². The predicted molar refractivity (Wildman–Crippen MR) is 106 cm³/mol. The van der Waals surface area contributed by atoms with Gasteiger partial charge in [-0.1, -0.05) is 30.3 Å². The molecule has 0 amide bonds. The van der Waals surface area contributed by atoms with Crippen LogP contribution in [0.2, 0.25) is 0 Å². The smallest absolute Gasteiger partial charge is 0.247 e. The number of ether oxygens (including phenoxy) is 1. The fraction of sp³-hybridized carbons (Fsp3) is 0.364. The van der Waals surface area contributed by atoms with Crippen molar-refractivity contribution in [1.29, 1.82) is 0 Å². The van der Waals surface area contributed by atoms with Gasteiger partial charge in [-0.2, -0.15) is 0 Å². The summed E-state index contributed by atoms with van der Waals surface area (Å²) in [6.07, 6.45) is 1.51. The maximum atomic E-state index is 10.6. The number of piperidine rings is 1. The van der Waals surface area contributed by atoms with E-state index < -0.39 is 6.10 Å². The maximum Gasteiger partial charge on any atom is 0.247 e. The van der Waals surface area contributed by atoms with E-state index in [4.69, 9.17) is 9.15 Å². The Morgan fingerprint density at radius 1 is 1.07 bits per heavy atom. The molecule has 146 valence electrons. The molecular formula is C22H25N3O3. The molecule has 0 spiro atoms. The molecule has 6 nitrogen and oxygen atoms in total. The minimum Gasteiger partial charge on any atom is -0.497 e. The van der Waals surface area contributed by atoms with Crippen LogP contribution in [-0.4, -0.2) is 40.4 Å². The van der Waals surface area contributed by atoms with Crippen molar-refractivity contribution in [2.24, 2.45) is 5.92 Å². The fourth-order valence-corrected chi connectivity index (χ4v) is 3.71. The third-order valence-corrected chi connectivity index (χ3v) is 5.38. The molecule has 0 radical (unpaired) electrons. The zero-order valence-electron chi connectivity index (χ0n) is 16.0. The summed E-state index contributed by atoms with van der Waals surface area (Å²) >= 11 is 0. The number of hydrogen-bond donors (Lipinski definition) is 1. The average Bonchev–Trinajstić information content (AvgIpc) is 3.23. The molecule has 1 N–H and O–H groups in total. The van der Waals surface area contributed by atoms with Gasteiger partial charge in [-0.15, -0.1) is 10.2 Å². The predicted octanol–water partition coefficient (Wildman–Crippen LogP) is 3.69. The van der Waals surface area contributed by atoms with E-state index >= 15 is 0 Å². The molecule has 1 atom stereocenters. The van der Waals surface area contributed by atoms with E-state index in [9.17, 15) is 5.11 Å². The summed E-state index contributed by atoms with van der Waals surface area (Å²) in [7, 11) is 1.64. The zero-order chi connectivity index (χ0) is 19.3. The lowest BCUT2D eigenvalue weighted by Gasteiger charge is -2.33. The van der Waals surface area contributed by atoms with E-state index in [1.165, 1.54) is 0 Å². The minimum absolute atomic E-state index is 0.288. The number of likely N-dealkylation sites (tertiary alicyclic amines) is 1. The number of methoxy groups -OCH3 is 1. The number of aromatic nitrogens is 2. The third-order valence-electron chi connectivity index (χ3n) is 5.38. The maximum absolute atomic E-state index is 10.6. The molecule has 1 fully saturated rings. The van der Waals surface area contributed by atoms with Crippen LogP contribution in [0.15, 0.2) is 59.0 Å². The lowest BCUT2D eigenvalue weighted by Crippen LogP contribution is -2.35. The first-order valence-corrected chi connectivity index (χ1v) is 9.65. The lowest BCUT2D eigenvalue weighted by molar-refractivity contribution is 0.0544. The second-order valence-electron chi connectivity index (χ2n) is 7.20. The number of rotatable bonds is 6. The zero-order valence-corrected chi connectivity index (χ0v) is 16.0. The molecule has 1 aliphatic rings. The van der Waals surface area contributed by atoms with Crippen molar-refractivity contribution >= 4 is 0 Å². The van der Waals surface area contributed by atoms with Crippen LogP contribution < -0.4 is 4.74 Å². The molecule has 0 bridgehead atoms. The van der Waals surface area contributed by atoms with Gasteiger partial charge in [0, 0.05) is 5.56 Å². The summed E-state index contributed by atoms with van der Waals surface area (Å²) in [5.74, 6) is 2.22. The monoisotopic (exact) mass is 379 g/mol. The van der Waals surface area contributed by atoms with E-state index in [1.807, 2.05) is 54.6 Å². The van der Waals surface area contributed by atoms with Crippen molar-refractivity contribution in [3.05, 3.63) is 66.1 Å². The Labute approximate surface area is 164 Å². The molecule has 6 heteroatoms. The van der Waals surface area contributed by atoms with Gasteiger partial charge in [-0.05, 0) is 61.7 Å². The summed E-state index contributed by atoms with van der Waals surface area (Å²) in [5.41, 5.74) is 1.88. The van der Waals surface area contributed by atoms with Gasteiger partial charge in [0.25, 0.3) is 0 Å². The second-order valence-corrected chi connectivity index (χ2v) is 7.20. The lowest BCUT2D eigenvalue weighted by atomic mass is 9.87. The van der Waals surface area contributed by atoms with E-state index in [-0.39, 0.29) is 5.92 Å². The molecular weight excluding hydrogens is 354 g/mol. The molecule has 0 saturated carbocycles. The van der Waals surface area contributed by atoms with Crippen LogP contribution >= 0.6 is 0 Å². The van der Waals surface area contributed by atoms with Crippen molar-refractivity contribution in [3.63, 3.8) is 0 Å². The van der Waals surface area contributed by atoms with Gasteiger partial charge in [0.15, 0.2) is 0 Å². The molecule has 28 heavy (non-hydrogen) atoms. The molecule has 1 saturated heterocycles. The number of hydrogen-bond acceptors (Lipinski definition) is 6. The normalized spacial score (nSPS) is 16.8. The first-order valence-electron chi connectivity index (χ1n) is 9.65. The molecule has 1 aliphatic heterocycles. The SMILES string of the molecule is COc1ccc(-c2nnc(CN3CCC(C(O)c4ccccc4)CC3)o2)cc1. The minimum atomic E-state index is -0.395. The van der Waals surface area contributed by atoms with Crippen LogP contribution in [0.1, 0.15) is 30.4 Å². The summed E-state index contributed by atoms with van der Waals surface area (Å²) < 4.78 is 11.0. The van der Waals surface area contributed by atoms with Crippen LogP contribution in [0.3, 0.4) is 0 Å². The Bertz CT molecular complexity index is 872. The number of benzene rings is 2. The van der Waals surface area contributed by atoms with Crippen molar-refractivity contribution in [1.82, 2.24) is 15.1 Å². The molecule has 0 aliphatic carbocycles. The van der Waals surface area contributed by atoms with Gasteiger partial charge in [0.05, 0.1) is 19.8 Å². The van der Waals surface area contributed by atoms with E-state index in [0.717, 1.165) is 42.8 Å². The Morgan fingerprint density at radius 2 is 1.79 bits per heavy atom. The highest BCUT2D eigenvalue weighted by Gasteiger charge is 2.27. The second kappa shape index (κ2) is 8.54. The number of nitrogens with zero attached hydrogens (tertiary/aromatic N) is 3. The highest BCUT2D eigenvalue weighted by Crippen LogP contribution is 2.31. The van der Waals surface area contributed by atoms with Crippen LogP contribution in [-0.2, 0) is 6.54 Å². The van der Waals surface area contributed by atoms with E-state index in [1.54, 1.807) is 7.11 Å². The first-order chi connectivity index (χ1) is 13.7. The van der Waals surface area contributed by atoms with Gasteiger partial charge in [-0.3, -0.25) is 4.90 Å². The standard InChI is InChI=1S/C22H25N3O3/c1-27-19-9-7-18(8-10-19)22-24-23-20(28-22)15-25-13-11-17(12-14-25)21(26)16-5-3-2-4-6-16/h2-10,17,21,26H,11-15H2,1H3. The highest BCUT2D eigenvalue weighted by atomic mass is 16.5. The highest BCUT2D eigenvalue weighted by molar-refractivity contribution is 5.53. The van der Waals surface area contributed by atoms with Gasteiger partial charge in [0.2, 0.25) is 11.8 Å². The Hall–Kier alpha value is -2.70. The van der Waals surface area contributed by atoms with Crippen LogP contribution in [0.5, 0.6) is 5.75 Å². The van der Waals surface area contributed by atoms with Crippen molar-refractivity contribution in [2.75, 3.05) is 20.2 Å². The van der Waals surface area contributed by atoms with Gasteiger partial charge in [-0.25, -0.2) is 0 Å². The van der Waals surface area contributed by atoms with Gasteiger partial charge < -0.3 is 14.3 Å². The van der Waals surface area contributed by atoms with Crippen molar-refractivity contribution in [2.45, 2.75) is 25.5 Å².